The zero-order valence-electron chi connectivity index (χ0n) is 10.7. The zero-order valence-corrected chi connectivity index (χ0v) is 10.7. The second-order valence-electron chi connectivity index (χ2n) is 4.79. The van der Waals surface area contributed by atoms with E-state index in [1.165, 1.54) is 0 Å². The Bertz CT molecular complexity index is 498. The minimum atomic E-state index is -0.956. The van der Waals surface area contributed by atoms with E-state index in [4.69, 9.17) is 4.74 Å². The van der Waals surface area contributed by atoms with Crippen LogP contribution in [0.25, 0.3) is 0 Å². The molecular formula is C13H17N3O3. The average Bonchev–Trinajstić information content (AvgIpc) is 2.46. The van der Waals surface area contributed by atoms with Crippen molar-refractivity contribution in [3.8, 4) is 0 Å². The highest BCUT2D eigenvalue weighted by Gasteiger charge is 2.23. The Kier molecular flexibility index (Phi) is 3.35. The molecule has 0 bridgehead atoms. The summed E-state index contributed by atoms with van der Waals surface area (Å²) in [4.78, 5) is 17.8. The van der Waals surface area contributed by atoms with Crippen molar-refractivity contribution < 1.29 is 14.6 Å². The van der Waals surface area contributed by atoms with Gasteiger partial charge in [-0.3, -0.25) is 0 Å². The maximum atomic E-state index is 11.4. The predicted octanol–water partition coefficient (Wildman–Crippen LogP) is 0.262. The van der Waals surface area contributed by atoms with Crippen LogP contribution in [0.5, 0.6) is 0 Å². The lowest BCUT2D eigenvalue weighted by molar-refractivity contribution is 0.0689. The number of carboxylic acid groups (broad SMARTS) is 1. The van der Waals surface area contributed by atoms with Crippen LogP contribution in [0, 0.1) is 0 Å². The largest absolute Gasteiger partial charge is 0.476 e. The molecule has 2 aliphatic heterocycles. The lowest BCUT2D eigenvalue weighted by Crippen LogP contribution is -2.38. The summed E-state index contributed by atoms with van der Waals surface area (Å²) in [5.41, 5.74) is 2.91. The van der Waals surface area contributed by atoms with Gasteiger partial charge in [-0.25, -0.2) is 9.78 Å². The minimum Gasteiger partial charge on any atom is -0.476 e. The lowest BCUT2D eigenvalue weighted by atomic mass is 10.0. The Morgan fingerprint density at radius 1 is 1.42 bits per heavy atom. The predicted molar refractivity (Wildman–Crippen MR) is 69.6 cm³/mol. The normalized spacial score (nSPS) is 19.1. The molecule has 102 valence electrons. The fraction of sp³-hybridized carbons (Fsp3) is 0.538. The van der Waals surface area contributed by atoms with Crippen LogP contribution in [0.1, 0.15) is 21.7 Å². The van der Waals surface area contributed by atoms with Gasteiger partial charge >= 0.3 is 5.97 Å². The Morgan fingerprint density at radius 3 is 2.95 bits per heavy atom. The van der Waals surface area contributed by atoms with E-state index in [2.05, 4.69) is 15.2 Å². The first-order valence-electron chi connectivity index (χ1n) is 6.55. The van der Waals surface area contributed by atoms with Crippen LogP contribution < -0.4 is 10.2 Å². The van der Waals surface area contributed by atoms with Gasteiger partial charge < -0.3 is 20.1 Å². The van der Waals surface area contributed by atoms with Crippen molar-refractivity contribution in [3.05, 3.63) is 23.0 Å². The number of morpholine rings is 1. The molecular weight excluding hydrogens is 246 g/mol. The van der Waals surface area contributed by atoms with E-state index in [0.717, 1.165) is 36.5 Å². The molecule has 0 amide bonds. The number of nitrogens with one attached hydrogen (secondary N) is 1. The molecule has 0 radical (unpaired) electrons. The minimum absolute atomic E-state index is 0.169. The van der Waals surface area contributed by atoms with Gasteiger partial charge in [0.1, 0.15) is 0 Å². The first-order chi connectivity index (χ1) is 9.25. The van der Waals surface area contributed by atoms with Gasteiger partial charge in [0, 0.05) is 38.3 Å². The Balaban J connectivity index is 2.02. The van der Waals surface area contributed by atoms with Crippen molar-refractivity contribution in [1.29, 1.82) is 0 Å². The third-order valence-electron chi connectivity index (χ3n) is 3.58. The van der Waals surface area contributed by atoms with E-state index in [1.807, 2.05) is 6.07 Å². The molecule has 0 unspecified atom stereocenters. The third-order valence-corrected chi connectivity index (χ3v) is 3.58. The smallest absolute Gasteiger partial charge is 0.356 e. The van der Waals surface area contributed by atoms with Crippen LogP contribution in [0.3, 0.4) is 0 Å². The van der Waals surface area contributed by atoms with Gasteiger partial charge in [-0.05, 0) is 11.6 Å². The van der Waals surface area contributed by atoms with E-state index in [-0.39, 0.29) is 5.69 Å². The van der Waals surface area contributed by atoms with Crippen molar-refractivity contribution in [2.75, 3.05) is 37.7 Å². The number of pyridine rings is 1. The van der Waals surface area contributed by atoms with Crippen LogP contribution in [-0.4, -0.2) is 48.9 Å². The van der Waals surface area contributed by atoms with Crippen molar-refractivity contribution in [2.24, 2.45) is 0 Å². The first-order valence-corrected chi connectivity index (χ1v) is 6.55. The molecule has 1 saturated heterocycles. The molecule has 1 fully saturated rings. The van der Waals surface area contributed by atoms with Crippen LogP contribution in [0.4, 0.5) is 5.69 Å². The number of aromatic nitrogens is 1. The zero-order chi connectivity index (χ0) is 13.2. The summed E-state index contributed by atoms with van der Waals surface area (Å²) in [6.45, 7) is 4.32. The van der Waals surface area contributed by atoms with Gasteiger partial charge in [0.05, 0.1) is 18.9 Å². The molecule has 6 nitrogen and oxygen atoms in total. The second kappa shape index (κ2) is 5.14. The number of hydrogen-bond acceptors (Lipinski definition) is 5. The Labute approximate surface area is 111 Å². The number of ether oxygens (including phenoxy) is 1. The molecule has 0 aliphatic carbocycles. The molecule has 0 spiro atoms. The van der Waals surface area contributed by atoms with Crippen LogP contribution in [0.15, 0.2) is 6.07 Å². The highest BCUT2D eigenvalue weighted by molar-refractivity contribution is 5.92. The summed E-state index contributed by atoms with van der Waals surface area (Å²) in [5, 5.41) is 12.7. The highest BCUT2D eigenvalue weighted by Crippen LogP contribution is 2.25. The topological polar surface area (TPSA) is 74.7 Å². The quantitative estimate of drug-likeness (QED) is 0.797. The summed E-state index contributed by atoms with van der Waals surface area (Å²) in [5.74, 6) is -0.956. The van der Waals surface area contributed by atoms with Gasteiger partial charge in [0.25, 0.3) is 0 Å². The molecule has 3 heterocycles. The van der Waals surface area contributed by atoms with Crippen molar-refractivity contribution in [1.82, 2.24) is 10.3 Å². The van der Waals surface area contributed by atoms with E-state index in [9.17, 15) is 9.90 Å². The first kappa shape index (κ1) is 12.4. The summed E-state index contributed by atoms with van der Waals surface area (Å²) < 4.78 is 5.31. The average molecular weight is 263 g/mol. The number of aromatic carboxylic acids is 1. The number of anilines is 1. The van der Waals surface area contributed by atoms with Gasteiger partial charge in [-0.15, -0.1) is 0 Å². The second-order valence-corrected chi connectivity index (χ2v) is 4.79. The number of rotatable bonds is 2. The molecule has 19 heavy (non-hydrogen) atoms. The summed E-state index contributed by atoms with van der Waals surface area (Å²) in [6.07, 6.45) is 0.791. The number of nitrogens with zero attached hydrogens (tertiary/aromatic N) is 2. The van der Waals surface area contributed by atoms with Crippen LogP contribution in [0.2, 0.25) is 0 Å². The fourth-order valence-electron chi connectivity index (χ4n) is 2.58. The lowest BCUT2D eigenvalue weighted by Gasteiger charge is -2.30. The molecule has 6 heteroatoms. The highest BCUT2D eigenvalue weighted by atomic mass is 16.5. The number of fused-ring (bicyclic) bond motifs is 1. The molecule has 0 aromatic carbocycles. The maximum Gasteiger partial charge on any atom is 0.356 e. The number of hydrogen-bond donors (Lipinski definition) is 2. The van der Waals surface area contributed by atoms with E-state index >= 15 is 0 Å². The molecule has 0 saturated carbocycles. The molecule has 2 aliphatic rings. The molecule has 1 aromatic heterocycles. The van der Waals surface area contributed by atoms with E-state index in [0.29, 0.717) is 26.3 Å². The number of carbonyl (C=O) groups is 1. The maximum absolute atomic E-state index is 11.4. The van der Waals surface area contributed by atoms with Gasteiger partial charge in [0.15, 0.2) is 5.69 Å². The SMILES string of the molecule is O=C(O)c1nc2c(cc1N1CCOCC1)CNCC2. The Morgan fingerprint density at radius 2 is 2.21 bits per heavy atom. The van der Waals surface area contributed by atoms with Crippen LogP contribution in [-0.2, 0) is 17.7 Å². The number of carboxylic acids is 1. The van der Waals surface area contributed by atoms with Gasteiger partial charge in [-0.1, -0.05) is 0 Å². The summed E-state index contributed by atoms with van der Waals surface area (Å²) in [7, 11) is 0. The standard InChI is InChI=1S/C13H17N3O3/c17-13(18)12-11(16-3-5-19-6-4-16)7-9-8-14-2-1-10(9)15-12/h7,14H,1-6,8H2,(H,17,18). The molecule has 2 N–H and O–H groups in total. The van der Waals surface area contributed by atoms with E-state index in [1.54, 1.807) is 0 Å². The van der Waals surface area contributed by atoms with Crippen molar-refractivity contribution in [2.45, 2.75) is 13.0 Å². The Hall–Kier alpha value is -1.66. The van der Waals surface area contributed by atoms with Crippen LogP contribution >= 0.6 is 0 Å². The molecule has 3 rings (SSSR count). The summed E-state index contributed by atoms with van der Waals surface area (Å²) >= 11 is 0. The summed E-state index contributed by atoms with van der Waals surface area (Å²) in [6, 6.07) is 1.98. The molecule has 1 aromatic rings. The van der Waals surface area contributed by atoms with Gasteiger partial charge in [0.2, 0.25) is 0 Å². The fourth-order valence-corrected chi connectivity index (χ4v) is 2.58. The third kappa shape index (κ3) is 2.41. The van der Waals surface area contributed by atoms with E-state index < -0.39 is 5.97 Å². The van der Waals surface area contributed by atoms with Gasteiger partial charge in [-0.2, -0.15) is 0 Å². The van der Waals surface area contributed by atoms with Crippen molar-refractivity contribution >= 4 is 11.7 Å². The van der Waals surface area contributed by atoms with Crippen molar-refractivity contribution in [3.63, 3.8) is 0 Å². The monoisotopic (exact) mass is 263 g/mol. The molecule has 0 atom stereocenters.